The van der Waals surface area contributed by atoms with E-state index in [0.717, 1.165) is 5.70 Å². The van der Waals surface area contributed by atoms with Crippen LogP contribution in [0.4, 0.5) is 0 Å². The summed E-state index contributed by atoms with van der Waals surface area (Å²) in [5.41, 5.74) is 2.40. The number of dihydropyridines is 1. The van der Waals surface area contributed by atoms with Crippen LogP contribution in [-0.2, 0) is 24.5 Å². The third kappa shape index (κ3) is 8.70. The average molecular weight is 301 g/mol. The number of hydrogen-bond acceptors (Lipinski definition) is 5. The van der Waals surface area contributed by atoms with Crippen molar-refractivity contribution >= 4 is 0 Å². The van der Waals surface area contributed by atoms with Crippen molar-refractivity contribution in [2.75, 3.05) is 0 Å². The number of rotatable bonds is 0. The van der Waals surface area contributed by atoms with E-state index in [2.05, 4.69) is 23.5 Å². The molecule has 0 aromatic heterocycles. The van der Waals surface area contributed by atoms with Crippen LogP contribution < -0.4 is 60.9 Å². The Morgan fingerprint density at radius 1 is 1.00 bits per heavy atom. The fraction of sp³-hybridized carbons (Fsp3) is 0. The molecule has 0 aromatic carbocycles. The Kier molecular flexibility index (Phi) is 8.18. The van der Waals surface area contributed by atoms with Crippen LogP contribution in [0.15, 0.2) is 60.0 Å². The molecule has 1 aliphatic heterocycles. The van der Waals surface area contributed by atoms with E-state index in [1.54, 1.807) is 0 Å². The molecule has 0 aromatic rings. The predicted molar refractivity (Wildman–Crippen MR) is 48.8 cm³/mol. The zero-order valence-corrected chi connectivity index (χ0v) is 13.4. The molecule has 0 atom stereocenters. The third-order valence-corrected chi connectivity index (χ3v) is 1.68. The molecule has 1 aliphatic carbocycles. The molecule has 0 saturated carbocycles. The first kappa shape index (κ1) is 17.0. The fourth-order valence-electron chi connectivity index (χ4n) is 1.13. The van der Waals surface area contributed by atoms with Gasteiger partial charge in [0.2, 0.25) is 0 Å². The molecule has 0 spiro atoms. The monoisotopic (exact) mass is 301 g/mol. The molecule has 5 nitrogen and oxygen atoms in total. The van der Waals surface area contributed by atoms with Crippen LogP contribution in [0, 0.1) is 0 Å². The molecule has 1 heterocycles. The topological polar surface area (TPSA) is 86.3 Å². The van der Waals surface area contributed by atoms with Gasteiger partial charge < -0.3 is 5.32 Å². The zero-order chi connectivity index (χ0) is 12.0. The van der Waals surface area contributed by atoms with E-state index in [9.17, 15) is 0 Å². The van der Waals surface area contributed by atoms with Gasteiger partial charge in [0.05, 0.1) is 0 Å². The Balaban J connectivity index is 0.000000373. The van der Waals surface area contributed by atoms with Crippen molar-refractivity contribution in [1.29, 1.82) is 0 Å². The Labute approximate surface area is 143 Å². The van der Waals surface area contributed by atoms with E-state index in [-0.39, 0.29) is 51.4 Å². The molecule has 2 rings (SSSR count). The molecule has 2 aliphatic rings. The summed E-state index contributed by atoms with van der Waals surface area (Å²) < 4.78 is 34.3. The van der Waals surface area contributed by atoms with Crippen LogP contribution in [0.1, 0.15) is 0 Å². The van der Waals surface area contributed by atoms with Gasteiger partial charge >= 0.3 is 80.0 Å². The van der Waals surface area contributed by atoms with Gasteiger partial charge in [-0.05, 0) is 17.7 Å². The van der Waals surface area contributed by atoms with E-state index in [0.29, 0.717) is 0 Å². The summed E-state index contributed by atoms with van der Waals surface area (Å²) in [5.74, 6) is 0. The van der Waals surface area contributed by atoms with Crippen molar-refractivity contribution in [3.8, 4) is 0 Å². The van der Waals surface area contributed by atoms with Gasteiger partial charge in [0.25, 0.3) is 0 Å². The first-order chi connectivity index (χ1) is 7.47. The molecular weight excluding hydrogens is 292 g/mol. The van der Waals surface area contributed by atoms with Crippen molar-refractivity contribution in [3.63, 3.8) is 0 Å². The zero-order valence-electron chi connectivity index (χ0n) is 9.13. The van der Waals surface area contributed by atoms with Crippen LogP contribution in [0.3, 0.4) is 0 Å². The van der Waals surface area contributed by atoms with Gasteiger partial charge in [0, 0.05) is 11.9 Å². The number of allylic oxidation sites excluding steroid dienone is 7. The molecule has 0 fully saturated rings. The second kappa shape index (κ2) is 8.18. The van der Waals surface area contributed by atoms with Crippen molar-refractivity contribution in [3.05, 3.63) is 60.0 Å². The minimum absolute atomic E-state index is 0. The van der Waals surface area contributed by atoms with Gasteiger partial charge in [0.1, 0.15) is 0 Å². The van der Waals surface area contributed by atoms with Crippen molar-refractivity contribution < 1.29 is 80.0 Å². The van der Waals surface area contributed by atoms with E-state index in [1.807, 2.05) is 30.5 Å². The molecule has 17 heavy (non-hydrogen) atoms. The molecule has 0 unspecified atom stereocenters. The summed E-state index contributed by atoms with van der Waals surface area (Å²) in [6.07, 6.45) is 16.3. The fourth-order valence-corrected chi connectivity index (χ4v) is 1.13. The van der Waals surface area contributed by atoms with Crippen LogP contribution in [0.2, 0.25) is 0 Å². The number of hydrogen-bond donors (Lipinski definition) is 1. The van der Waals surface area contributed by atoms with Crippen LogP contribution in [-0.4, -0.2) is 0 Å². The van der Waals surface area contributed by atoms with Crippen LogP contribution in [0.5, 0.6) is 0 Å². The molecule has 1 N–H and O–H groups in total. The van der Waals surface area contributed by atoms with Gasteiger partial charge in [-0.25, -0.2) is 0 Å². The van der Waals surface area contributed by atoms with Crippen LogP contribution >= 0.6 is 0 Å². The SMILES string of the molecule is C1=CC=C2NC=CC=C2C=C1.[K+].[O]=[Mn](=[O])(=[O])[O-]. The Morgan fingerprint density at radius 2 is 1.65 bits per heavy atom. The van der Waals surface area contributed by atoms with E-state index < -0.39 is 13.0 Å². The van der Waals surface area contributed by atoms with E-state index >= 15 is 0 Å². The summed E-state index contributed by atoms with van der Waals surface area (Å²) in [6, 6.07) is 0. The van der Waals surface area contributed by atoms with Gasteiger partial charge in [-0.2, -0.15) is 0 Å². The minimum atomic E-state index is -5.62. The van der Waals surface area contributed by atoms with E-state index in [1.165, 1.54) is 5.57 Å². The van der Waals surface area contributed by atoms with Gasteiger partial charge in [-0.1, -0.05) is 30.4 Å². The maximum atomic E-state index is 8.58. The second-order valence-electron chi connectivity index (χ2n) is 2.83. The molecule has 0 amide bonds. The number of fused-ring (bicyclic) bond motifs is 1. The Hall–Kier alpha value is 0.0158. The predicted octanol–water partition coefficient (Wildman–Crippen LogP) is -2.50. The molecule has 0 saturated heterocycles. The first-order valence-corrected chi connectivity index (χ1v) is 6.20. The van der Waals surface area contributed by atoms with Gasteiger partial charge in [-0.15, -0.1) is 0 Å². The Bertz CT molecular complexity index is 548. The van der Waals surface area contributed by atoms with Crippen molar-refractivity contribution in [2.24, 2.45) is 0 Å². The van der Waals surface area contributed by atoms with Crippen molar-refractivity contribution in [2.45, 2.75) is 0 Å². The molecule has 7 heteroatoms. The summed E-state index contributed by atoms with van der Waals surface area (Å²) >= 11 is -5.62. The summed E-state index contributed by atoms with van der Waals surface area (Å²) in [7, 11) is 0. The Morgan fingerprint density at radius 3 is 2.29 bits per heavy atom. The first-order valence-electron chi connectivity index (χ1n) is 4.27. The van der Waals surface area contributed by atoms with Gasteiger partial charge in [0.15, 0.2) is 0 Å². The summed E-state index contributed by atoms with van der Waals surface area (Å²) in [5, 5.41) is 3.17. The standard InChI is InChI=1S/C10H9N.K.Mn.4O/c1-2-5-9-6-4-8-11-10(9)7-3-1;;;;;;/h1-8,11H;;;;;;/q;+1;;;;;-1. The second-order valence-corrected chi connectivity index (χ2v) is 4.01. The molecule has 0 radical (unpaired) electrons. The average Bonchev–Trinajstić information content (AvgIpc) is 2.39. The normalized spacial score (nSPS) is 16.1. The third-order valence-electron chi connectivity index (χ3n) is 1.68. The van der Waals surface area contributed by atoms with Crippen molar-refractivity contribution in [1.82, 2.24) is 5.32 Å². The molecule has 0 bridgehead atoms. The quantitative estimate of drug-likeness (QED) is 0.500. The van der Waals surface area contributed by atoms with Gasteiger partial charge in [-0.3, -0.25) is 0 Å². The molecular formula is C10H9KMnNO4. The molecule has 86 valence electrons. The van der Waals surface area contributed by atoms with E-state index in [4.69, 9.17) is 15.7 Å². The summed E-state index contributed by atoms with van der Waals surface area (Å²) in [4.78, 5) is 0. The number of nitrogens with one attached hydrogen (secondary N) is 1. The van der Waals surface area contributed by atoms with Crippen LogP contribution in [0.25, 0.3) is 0 Å². The maximum absolute atomic E-state index is 8.58. The summed E-state index contributed by atoms with van der Waals surface area (Å²) in [6.45, 7) is 0.